The number of rotatable bonds is 8. The number of carbonyl (C=O) groups excluding carboxylic acids is 1. The predicted octanol–water partition coefficient (Wildman–Crippen LogP) is 5.03. The van der Waals surface area contributed by atoms with Crippen LogP contribution in [-0.2, 0) is 16.1 Å². The first-order chi connectivity index (χ1) is 14.0. The smallest absolute Gasteiger partial charge is 0.257 e. The van der Waals surface area contributed by atoms with E-state index < -0.39 is 0 Å². The van der Waals surface area contributed by atoms with Crippen LogP contribution in [0.2, 0.25) is 0 Å². The summed E-state index contributed by atoms with van der Waals surface area (Å²) in [6, 6.07) is 10.1. The Balaban J connectivity index is 1.75. The van der Waals surface area contributed by atoms with E-state index in [1.54, 1.807) is 0 Å². The van der Waals surface area contributed by atoms with Crippen molar-refractivity contribution >= 4 is 17.3 Å². The number of amides is 1. The molecule has 1 aliphatic heterocycles. The van der Waals surface area contributed by atoms with Crippen molar-refractivity contribution < 1.29 is 14.3 Å². The van der Waals surface area contributed by atoms with Gasteiger partial charge in [-0.3, -0.25) is 4.79 Å². The standard InChI is InChI=1S/C24H32N2O3/c1-5-28-11-12-29-15-19-7-6-8-22(18(19)4)26-24(27)21-14-16(2)13-20-17(3)9-10-25-23(20)21/h6-8,13-14,17,25H,5,9-12,15H2,1-4H3,(H,26,27). The van der Waals surface area contributed by atoms with E-state index in [0.29, 0.717) is 37.9 Å². The molecule has 2 aromatic rings. The van der Waals surface area contributed by atoms with Gasteiger partial charge in [0.1, 0.15) is 0 Å². The molecule has 0 saturated heterocycles. The van der Waals surface area contributed by atoms with Gasteiger partial charge in [-0.1, -0.05) is 25.1 Å². The maximum atomic E-state index is 13.1. The first-order valence-corrected chi connectivity index (χ1v) is 10.4. The van der Waals surface area contributed by atoms with Crippen molar-refractivity contribution in [3.05, 3.63) is 58.1 Å². The Morgan fingerprint density at radius 1 is 1.21 bits per heavy atom. The maximum absolute atomic E-state index is 13.1. The number of aryl methyl sites for hydroxylation is 1. The molecule has 5 nitrogen and oxygen atoms in total. The second-order valence-electron chi connectivity index (χ2n) is 7.69. The fourth-order valence-corrected chi connectivity index (χ4v) is 3.76. The number of carbonyl (C=O) groups is 1. The van der Waals surface area contributed by atoms with Gasteiger partial charge in [-0.05, 0) is 67.5 Å². The van der Waals surface area contributed by atoms with E-state index in [2.05, 4.69) is 23.6 Å². The lowest BCUT2D eigenvalue weighted by Crippen LogP contribution is -2.21. The Kier molecular flexibility index (Phi) is 7.29. The van der Waals surface area contributed by atoms with Crippen LogP contribution in [0.3, 0.4) is 0 Å². The minimum absolute atomic E-state index is 0.0796. The van der Waals surface area contributed by atoms with E-state index in [9.17, 15) is 4.79 Å². The molecule has 5 heteroatoms. The Hall–Kier alpha value is -2.37. The molecule has 1 amide bonds. The van der Waals surface area contributed by atoms with Gasteiger partial charge in [-0.15, -0.1) is 0 Å². The first kappa shape index (κ1) is 21.3. The van der Waals surface area contributed by atoms with E-state index >= 15 is 0 Å². The van der Waals surface area contributed by atoms with E-state index in [4.69, 9.17) is 9.47 Å². The van der Waals surface area contributed by atoms with Crippen molar-refractivity contribution in [2.24, 2.45) is 0 Å². The normalized spacial score (nSPS) is 15.5. The summed E-state index contributed by atoms with van der Waals surface area (Å²) in [5.74, 6) is 0.376. The van der Waals surface area contributed by atoms with Gasteiger partial charge in [-0.2, -0.15) is 0 Å². The van der Waals surface area contributed by atoms with Gasteiger partial charge >= 0.3 is 0 Å². The summed E-state index contributed by atoms with van der Waals surface area (Å²) in [5, 5.41) is 6.54. The Morgan fingerprint density at radius 2 is 2.00 bits per heavy atom. The molecule has 0 bridgehead atoms. The van der Waals surface area contributed by atoms with Crippen molar-refractivity contribution in [2.45, 2.75) is 46.6 Å². The van der Waals surface area contributed by atoms with Gasteiger partial charge in [0.15, 0.2) is 0 Å². The van der Waals surface area contributed by atoms with Crippen molar-refractivity contribution in [1.29, 1.82) is 0 Å². The fraction of sp³-hybridized carbons (Fsp3) is 0.458. The zero-order valence-corrected chi connectivity index (χ0v) is 17.9. The largest absolute Gasteiger partial charge is 0.384 e. The fourth-order valence-electron chi connectivity index (χ4n) is 3.76. The monoisotopic (exact) mass is 396 g/mol. The van der Waals surface area contributed by atoms with Crippen LogP contribution in [0.5, 0.6) is 0 Å². The van der Waals surface area contributed by atoms with Gasteiger partial charge < -0.3 is 20.1 Å². The van der Waals surface area contributed by atoms with E-state index in [1.165, 1.54) is 5.56 Å². The minimum Gasteiger partial charge on any atom is -0.384 e. The van der Waals surface area contributed by atoms with Crippen molar-refractivity contribution in [1.82, 2.24) is 0 Å². The minimum atomic E-state index is -0.0796. The van der Waals surface area contributed by atoms with Crippen LogP contribution in [-0.4, -0.2) is 32.3 Å². The molecule has 29 heavy (non-hydrogen) atoms. The van der Waals surface area contributed by atoms with Gasteiger partial charge in [0.05, 0.1) is 31.1 Å². The Labute approximate surface area is 173 Å². The molecule has 156 valence electrons. The summed E-state index contributed by atoms with van der Waals surface area (Å²) < 4.78 is 11.0. The molecule has 0 spiro atoms. The Morgan fingerprint density at radius 3 is 2.79 bits per heavy atom. The second-order valence-corrected chi connectivity index (χ2v) is 7.69. The molecule has 0 radical (unpaired) electrons. The summed E-state index contributed by atoms with van der Waals surface area (Å²) in [7, 11) is 0. The molecule has 2 aromatic carbocycles. The number of ether oxygens (including phenoxy) is 2. The molecular formula is C24H32N2O3. The highest BCUT2D eigenvalue weighted by Gasteiger charge is 2.23. The van der Waals surface area contributed by atoms with Crippen LogP contribution in [0.25, 0.3) is 0 Å². The van der Waals surface area contributed by atoms with Crippen LogP contribution in [0.1, 0.15) is 58.8 Å². The summed E-state index contributed by atoms with van der Waals surface area (Å²) >= 11 is 0. The van der Waals surface area contributed by atoms with Crippen LogP contribution in [0.4, 0.5) is 11.4 Å². The zero-order chi connectivity index (χ0) is 20.8. The summed E-state index contributed by atoms with van der Waals surface area (Å²) in [4.78, 5) is 13.1. The molecule has 1 heterocycles. The maximum Gasteiger partial charge on any atom is 0.257 e. The lowest BCUT2D eigenvalue weighted by Gasteiger charge is -2.26. The zero-order valence-electron chi connectivity index (χ0n) is 17.9. The van der Waals surface area contributed by atoms with Gasteiger partial charge in [-0.25, -0.2) is 0 Å². The number of anilines is 2. The SMILES string of the molecule is CCOCCOCc1cccc(NC(=O)c2cc(C)cc3c2NCCC3C)c1C. The predicted molar refractivity (Wildman–Crippen MR) is 118 cm³/mol. The van der Waals surface area contributed by atoms with Gasteiger partial charge in [0.2, 0.25) is 0 Å². The quantitative estimate of drug-likeness (QED) is 0.615. The third-order valence-corrected chi connectivity index (χ3v) is 5.50. The number of nitrogens with one attached hydrogen (secondary N) is 2. The van der Waals surface area contributed by atoms with E-state index in [-0.39, 0.29) is 5.91 Å². The highest BCUT2D eigenvalue weighted by Crippen LogP contribution is 2.35. The number of fused-ring (bicyclic) bond motifs is 1. The molecule has 1 atom stereocenters. The summed E-state index contributed by atoms with van der Waals surface area (Å²) in [6.45, 7) is 11.5. The number of hydrogen-bond acceptors (Lipinski definition) is 4. The van der Waals surface area contributed by atoms with Crippen LogP contribution in [0.15, 0.2) is 30.3 Å². The third kappa shape index (κ3) is 5.17. The third-order valence-electron chi connectivity index (χ3n) is 5.50. The van der Waals surface area contributed by atoms with Crippen molar-refractivity contribution in [3.8, 4) is 0 Å². The molecule has 1 aliphatic rings. The van der Waals surface area contributed by atoms with E-state index in [1.807, 2.05) is 45.0 Å². The lowest BCUT2D eigenvalue weighted by molar-refractivity contribution is 0.0451. The summed E-state index contributed by atoms with van der Waals surface area (Å²) in [5.41, 5.74) is 6.94. The lowest BCUT2D eigenvalue weighted by atomic mass is 9.89. The first-order valence-electron chi connectivity index (χ1n) is 10.4. The van der Waals surface area contributed by atoms with Gasteiger partial charge in [0, 0.05) is 18.8 Å². The molecule has 2 N–H and O–H groups in total. The molecule has 0 aliphatic carbocycles. The van der Waals surface area contributed by atoms with Crippen molar-refractivity contribution in [2.75, 3.05) is 37.0 Å². The molecular weight excluding hydrogens is 364 g/mol. The second kappa shape index (κ2) is 9.90. The van der Waals surface area contributed by atoms with Crippen LogP contribution in [0, 0.1) is 13.8 Å². The van der Waals surface area contributed by atoms with E-state index in [0.717, 1.165) is 41.0 Å². The highest BCUT2D eigenvalue weighted by molar-refractivity contribution is 6.09. The summed E-state index contributed by atoms with van der Waals surface area (Å²) in [6.07, 6.45) is 1.09. The van der Waals surface area contributed by atoms with Gasteiger partial charge in [0.25, 0.3) is 5.91 Å². The molecule has 1 unspecified atom stereocenters. The van der Waals surface area contributed by atoms with Crippen LogP contribution >= 0.6 is 0 Å². The average Bonchev–Trinajstić information content (AvgIpc) is 2.70. The Bertz CT molecular complexity index is 863. The van der Waals surface area contributed by atoms with Crippen molar-refractivity contribution in [3.63, 3.8) is 0 Å². The molecule has 0 saturated carbocycles. The number of hydrogen-bond donors (Lipinski definition) is 2. The molecule has 0 fully saturated rings. The highest BCUT2D eigenvalue weighted by atomic mass is 16.5. The molecule has 3 rings (SSSR count). The molecule has 0 aromatic heterocycles. The topological polar surface area (TPSA) is 59.6 Å². The van der Waals surface area contributed by atoms with Crippen LogP contribution < -0.4 is 10.6 Å². The average molecular weight is 397 g/mol. The number of benzene rings is 2.